The minimum absolute atomic E-state index is 0. The van der Waals surface area contributed by atoms with Crippen LogP contribution in [0.1, 0.15) is 125 Å². The Bertz CT molecular complexity index is 6030. The molecule has 0 saturated heterocycles. The molecule has 14 aromatic rings. The van der Waals surface area contributed by atoms with Crippen LogP contribution in [0.25, 0.3) is 43.8 Å². The van der Waals surface area contributed by atoms with E-state index in [1.807, 2.05) is 97.6 Å². The number of rotatable bonds is 15. The normalized spacial score (nSPS) is 10.6. The van der Waals surface area contributed by atoms with Crippen LogP contribution in [0.5, 0.6) is 11.5 Å². The Balaban J connectivity index is 0.000000242. The Labute approximate surface area is 698 Å². The number of hydrogen-bond donors (Lipinski definition) is 3. The van der Waals surface area contributed by atoms with Crippen molar-refractivity contribution in [3.05, 3.63) is 327 Å². The molecule has 41 nitrogen and oxygen atoms in total. The molecule has 5 N–H and O–H groups in total. The van der Waals surface area contributed by atoms with Crippen molar-refractivity contribution < 1.29 is 110 Å². The first kappa shape index (κ1) is 94.3. The molecule has 3 unspecified atom stereocenters. The Hall–Kier alpha value is -15.3. The fourth-order valence-corrected chi connectivity index (χ4v) is 9.52. The van der Waals surface area contributed by atoms with Gasteiger partial charge in [0.2, 0.25) is 29.2 Å². The maximum Gasteiger partial charge on any atom is 0.383 e. The number of azide groups is 1. The second-order valence-corrected chi connectivity index (χ2v) is 23.9. The number of benzene rings is 2. The minimum atomic E-state index is -0.810. The number of pyridine rings is 7. The second kappa shape index (κ2) is 46.7. The molecule has 0 fully saturated rings. The van der Waals surface area contributed by atoms with Gasteiger partial charge in [0, 0.05) is 159 Å². The van der Waals surface area contributed by atoms with Gasteiger partial charge in [-0.1, -0.05) is 19.0 Å². The predicted molar refractivity (Wildman–Crippen MR) is 421 cm³/mol. The van der Waals surface area contributed by atoms with E-state index >= 15 is 0 Å². The Morgan fingerprint density at radius 1 is 0.555 bits per heavy atom. The Morgan fingerprint density at radius 3 is 1.40 bits per heavy atom. The van der Waals surface area contributed by atoms with Gasteiger partial charge in [-0.05, 0) is 176 Å². The van der Waals surface area contributed by atoms with Gasteiger partial charge in [0.15, 0.2) is 17.3 Å². The molecule has 12 aromatic heterocycles. The fraction of sp³-hybridized carbons (Fsp3) is 0.156. The molecule has 2 aromatic carbocycles. The van der Waals surface area contributed by atoms with Gasteiger partial charge >= 0.3 is 23.3 Å². The average molecular weight is 1700 g/mol. The molecular weight excluding hydrogens is 1630 g/mol. The van der Waals surface area contributed by atoms with Crippen molar-refractivity contribution in [3.8, 4) is 23.8 Å². The number of aliphatic hydroxyl groups is 1. The van der Waals surface area contributed by atoms with E-state index in [1.165, 1.54) is 74.6 Å². The predicted octanol–water partition coefficient (Wildman–Crippen LogP) is 10.4. The van der Waals surface area contributed by atoms with Crippen molar-refractivity contribution in [3.63, 3.8) is 0 Å². The number of nitrogens with zero attached hydrogens (tertiary/aromatic N) is 20. The first-order valence-corrected chi connectivity index (χ1v) is 34.2. The van der Waals surface area contributed by atoms with Gasteiger partial charge in [0.1, 0.15) is 5.56 Å². The Kier molecular flexibility index (Phi) is 37.0. The summed E-state index contributed by atoms with van der Waals surface area (Å²) in [6, 6.07) is 38.4. The Morgan fingerprint density at radius 2 is 0.992 bits per heavy atom. The zero-order chi connectivity index (χ0) is 86.7. The van der Waals surface area contributed by atoms with Crippen molar-refractivity contribution in [1.82, 2.24) is 53.1 Å². The van der Waals surface area contributed by atoms with Gasteiger partial charge in [-0.25, -0.2) is 32.2 Å². The number of hydrogen-bond acceptors (Lipinski definition) is 29. The molecule has 0 aliphatic carbocycles. The average Bonchev–Trinajstić information content (AvgIpc) is 1.67. The number of nitro benzene ring substituents is 4. The summed E-state index contributed by atoms with van der Waals surface area (Å²) >= 11 is 0. The topological polar surface area (TPSA) is 557 Å². The molecule has 0 bridgehead atoms. The zero-order valence-corrected chi connectivity index (χ0v) is 67.6. The van der Waals surface area contributed by atoms with E-state index in [0.29, 0.717) is 27.4 Å². The number of fused-ring (bicyclic) bond motifs is 5. The molecule has 0 amide bonds. The monoisotopic (exact) mass is 1700 g/mol. The minimum Gasteiger partial charge on any atom is -0.875 e. The summed E-state index contributed by atoms with van der Waals surface area (Å²) in [6.07, 6.45) is 27.6. The number of esters is 2. The van der Waals surface area contributed by atoms with Crippen molar-refractivity contribution in [2.45, 2.75) is 66.7 Å². The van der Waals surface area contributed by atoms with Gasteiger partial charge in [-0.2, -0.15) is 31.4 Å². The van der Waals surface area contributed by atoms with Crippen LogP contribution in [-0.2, 0) is 47.0 Å². The van der Waals surface area contributed by atoms with Crippen molar-refractivity contribution in [2.24, 2.45) is 22.0 Å². The van der Waals surface area contributed by atoms with E-state index < -0.39 is 60.5 Å². The molecule has 3 atom stereocenters. The molecule has 609 valence electrons. The van der Waals surface area contributed by atoms with Gasteiger partial charge in [0.05, 0.1) is 92.0 Å². The van der Waals surface area contributed by atoms with E-state index in [-0.39, 0.29) is 79.4 Å². The van der Waals surface area contributed by atoms with Gasteiger partial charge < -0.3 is 30.3 Å². The van der Waals surface area contributed by atoms with Crippen LogP contribution >= 0.6 is 0 Å². The standard InChI is InChI=1S/C13H10N4O6.C11H10N2O3.C9H9N5.C9H11N3.C9H10N2O.C9H8N2O.C7H7NO.C6H5N3O5.C4H4O2.Y/c1-9(18)10-4-6-15(7-5-10)14-23-13-3-2-11(16(19)20)8-12(13)17(21)22;1-7(14)8-3-4-13-10(5-8)9(6-12-13)11(15)16-2;1-7(12-13-10)8-3-5-14-9(6-8)2-4-11-14;1-7(10)8-3-5-12-9(6-8)2-4-11-12;2*1-7(12)8-3-5-11-9(6-8)2-4-10-11;1-6(9)7-2-4-8-5-3-7;7-14-6-2-1-4(8(10)11)3-5(6)9(12)13;1-3-4(5)6-2;/h2-8H,1H3;3-6H,1-2H3;2-7H,1H3;2-7H,10H2,1H3;2-7,12H,1H3;2-6H,1H3;2-5H,1H3;1-3H,7H2;1H,2H3;. The number of Topliss-reactive ketones (excluding diaryl/α,β-unsaturated/α-hetero) is 3. The van der Waals surface area contributed by atoms with Gasteiger partial charge in [0.25, 0.3) is 11.4 Å². The van der Waals surface area contributed by atoms with Gasteiger partial charge in [-0.15, -0.1) is 12.2 Å². The number of terminal acetylenes is 1. The number of ketones is 3. The number of nitrogens with two attached hydrogens (primary N) is 2. The first-order valence-electron chi connectivity index (χ1n) is 34.2. The SMILES string of the molecule is C#CC(=O)OC.CC(=O)c1ccn2nccc2c1.CC(=O)c1ccncc1.CC(N)c1ccn2nccc2c1.CC(N=[N+]=[N-])c1ccn2nccc2c1.CC(O)c1ccn2nccc2c1.CC([O-])=c1cc[n+](=NOc2ccc([N+](=O)[O-])cc2[N+](=O)[O-])cc1.COC(=O)c1cnn2ccc(C(C)=O)cc12.NOc1ccc([N+](=O)[O-])cc1[N+](=O)[O-].[Y]. The third-order valence-electron chi connectivity index (χ3n) is 15.8. The summed E-state index contributed by atoms with van der Waals surface area (Å²) < 4.78 is 18.5. The van der Waals surface area contributed by atoms with E-state index in [1.54, 1.807) is 113 Å². The van der Waals surface area contributed by atoms with Crippen molar-refractivity contribution in [2.75, 3.05) is 14.2 Å². The van der Waals surface area contributed by atoms with E-state index in [0.717, 1.165) is 80.7 Å². The van der Waals surface area contributed by atoms with Crippen LogP contribution in [-0.4, -0.2) is 121 Å². The number of aromatic nitrogens is 12. The molecule has 14 rings (SSSR count). The maximum atomic E-state index is 11.4. The third kappa shape index (κ3) is 28.6. The molecule has 0 aliphatic rings. The van der Waals surface area contributed by atoms with Crippen LogP contribution in [0, 0.1) is 52.8 Å². The number of carbonyl (C=O) groups excluding carboxylic acids is 5. The number of methoxy groups -OCH3 is 2. The largest absolute Gasteiger partial charge is 0.875 e. The van der Waals surface area contributed by atoms with Crippen LogP contribution in [0.3, 0.4) is 0 Å². The molecule has 0 spiro atoms. The van der Waals surface area contributed by atoms with E-state index in [9.17, 15) is 74.6 Å². The van der Waals surface area contributed by atoms with Crippen molar-refractivity contribution >= 4 is 85.4 Å². The third-order valence-corrected chi connectivity index (χ3v) is 15.8. The molecule has 42 heteroatoms. The van der Waals surface area contributed by atoms with Crippen LogP contribution < -0.4 is 36.0 Å². The van der Waals surface area contributed by atoms with E-state index in [4.69, 9.17) is 22.0 Å². The summed E-state index contributed by atoms with van der Waals surface area (Å²) in [5.74, 6) is 4.92. The maximum absolute atomic E-state index is 11.4. The molecule has 119 heavy (non-hydrogen) atoms. The van der Waals surface area contributed by atoms with Crippen LogP contribution in [0.2, 0.25) is 0 Å². The molecule has 1 radical (unpaired) electrons. The first-order chi connectivity index (χ1) is 56.3. The summed E-state index contributed by atoms with van der Waals surface area (Å²) in [6.45, 7) is 11.6. The summed E-state index contributed by atoms with van der Waals surface area (Å²) in [4.78, 5) is 109. The fourth-order valence-electron chi connectivity index (χ4n) is 9.52. The molecular formula is C77H74N22O19Y. The summed E-state index contributed by atoms with van der Waals surface area (Å²) in [5, 5.41) is 90.7. The van der Waals surface area contributed by atoms with Crippen LogP contribution in [0.4, 0.5) is 22.7 Å². The zero-order valence-electron chi connectivity index (χ0n) is 64.7. The molecule has 12 heterocycles. The molecule has 0 saturated carbocycles. The smallest absolute Gasteiger partial charge is 0.383 e. The molecule has 0 aliphatic heterocycles. The van der Waals surface area contributed by atoms with Gasteiger partial charge in [-0.3, -0.25) is 64.7 Å². The number of nitro groups is 4. The number of aliphatic hydroxyl groups excluding tert-OH is 1. The number of ether oxygens (including phenoxy) is 2. The van der Waals surface area contributed by atoms with Crippen LogP contribution in [0.15, 0.2) is 243 Å². The number of non-ortho nitro benzene ring substituents is 2. The quantitative estimate of drug-likeness (QED) is 0.00820. The van der Waals surface area contributed by atoms with Crippen molar-refractivity contribution in [1.29, 1.82) is 0 Å². The summed E-state index contributed by atoms with van der Waals surface area (Å²) in [5.41, 5.74) is 22.1. The van der Waals surface area contributed by atoms with E-state index in [2.05, 4.69) is 72.6 Å². The second-order valence-electron chi connectivity index (χ2n) is 23.9. The summed E-state index contributed by atoms with van der Waals surface area (Å²) in [7, 11) is 2.54. The number of carbonyl (C=O) groups is 5.